The van der Waals surface area contributed by atoms with Gasteiger partial charge < -0.3 is 35.0 Å². The van der Waals surface area contributed by atoms with Gasteiger partial charge in [-0.3, -0.25) is 48.3 Å². The first-order chi connectivity index (χ1) is 24.7. The van der Waals surface area contributed by atoms with Gasteiger partial charge in [0.15, 0.2) is 0 Å². The first-order valence-corrected chi connectivity index (χ1v) is 18.3. The van der Waals surface area contributed by atoms with Gasteiger partial charge in [0.25, 0.3) is 0 Å². The van der Waals surface area contributed by atoms with Crippen molar-refractivity contribution in [3.63, 3.8) is 0 Å². The average Bonchev–Trinajstić information content (AvgIpc) is 3.03. The van der Waals surface area contributed by atoms with E-state index in [1.807, 2.05) is 0 Å². The summed E-state index contributed by atoms with van der Waals surface area (Å²) in [6.07, 6.45) is 14.8. The molecule has 0 aromatic carbocycles. The van der Waals surface area contributed by atoms with Gasteiger partial charge in [0.05, 0.1) is 52.4 Å². The molecule has 0 bridgehead atoms. The number of esters is 2. The fourth-order valence-corrected chi connectivity index (χ4v) is 5.58. The van der Waals surface area contributed by atoms with Crippen LogP contribution in [0.4, 0.5) is 0 Å². The Bertz CT molecular complexity index is 1040. The molecule has 0 aliphatic carbocycles. The number of rotatable bonds is 36. The molecule has 5 N–H and O–H groups in total. The summed E-state index contributed by atoms with van der Waals surface area (Å²) in [5.41, 5.74) is 0. The number of carbonyl (C=O) groups excluding carboxylic acids is 2. The number of nitrogens with zero attached hydrogens (tertiary/aromatic N) is 3. The number of ether oxygens (including phenoxy) is 2. The van der Waals surface area contributed by atoms with Crippen molar-refractivity contribution in [2.24, 2.45) is 0 Å². The van der Waals surface area contributed by atoms with E-state index in [0.717, 1.165) is 29.1 Å². The predicted molar refractivity (Wildman–Crippen MR) is 188 cm³/mol. The largest absolute Gasteiger partial charge is 0.480 e. The molecule has 0 saturated heterocycles. The molecule has 0 aliphatic rings. The summed E-state index contributed by atoms with van der Waals surface area (Å²) in [5.74, 6) is -7.90. The number of carboxylic acids is 5. The van der Waals surface area contributed by atoms with E-state index in [9.17, 15) is 48.9 Å². The first kappa shape index (κ1) is 48.2. The van der Waals surface area contributed by atoms with Crippen LogP contribution >= 0.6 is 0 Å². The summed E-state index contributed by atoms with van der Waals surface area (Å²) < 4.78 is 10.5. The fraction of sp³-hybridized carbons (Fsp3) is 0.800. The maximum Gasteiger partial charge on any atom is 0.317 e. The van der Waals surface area contributed by atoms with Gasteiger partial charge in [-0.2, -0.15) is 0 Å². The highest BCUT2D eigenvalue weighted by Gasteiger charge is 2.29. The zero-order valence-corrected chi connectivity index (χ0v) is 30.7. The highest BCUT2D eigenvalue weighted by Crippen LogP contribution is 2.13. The maximum atomic E-state index is 12.8. The Morgan fingerprint density at radius 3 is 1.33 bits per heavy atom. The molecule has 52 heavy (non-hydrogen) atoms. The molecule has 0 rings (SSSR count). The van der Waals surface area contributed by atoms with Crippen LogP contribution in [0.2, 0.25) is 0 Å². The third-order valence-corrected chi connectivity index (χ3v) is 8.17. The van der Waals surface area contributed by atoms with Crippen LogP contribution < -0.4 is 0 Å². The molecule has 0 amide bonds. The molecular weight excluding hydrogens is 686 g/mol. The number of hydrogen-bond acceptors (Lipinski definition) is 12. The zero-order valence-electron chi connectivity index (χ0n) is 30.7. The Hall–Kier alpha value is -3.83. The summed E-state index contributed by atoms with van der Waals surface area (Å²) >= 11 is 0. The molecule has 300 valence electrons. The van der Waals surface area contributed by atoms with E-state index in [0.29, 0.717) is 19.4 Å². The Kier molecular flexibility index (Phi) is 28.5. The highest BCUT2D eigenvalue weighted by atomic mass is 16.5. The molecule has 1 unspecified atom stereocenters. The van der Waals surface area contributed by atoms with Gasteiger partial charge in [-0.15, -0.1) is 0 Å². The van der Waals surface area contributed by atoms with Crippen molar-refractivity contribution in [2.45, 2.75) is 116 Å². The van der Waals surface area contributed by atoms with E-state index in [2.05, 4.69) is 6.92 Å². The molecule has 0 heterocycles. The zero-order chi connectivity index (χ0) is 39.1. The van der Waals surface area contributed by atoms with Crippen LogP contribution in [0.1, 0.15) is 110 Å². The Labute approximate surface area is 306 Å². The molecule has 0 fully saturated rings. The second-order valence-electron chi connectivity index (χ2n) is 13.0. The van der Waals surface area contributed by atoms with E-state index in [1.54, 1.807) is 0 Å². The van der Waals surface area contributed by atoms with Crippen molar-refractivity contribution in [3.05, 3.63) is 0 Å². The molecule has 17 nitrogen and oxygen atoms in total. The summed E-state index contributed by atoms with van der Waals surface area (Å²) in [5, 5.41) is 46.4. The molecule has 1 atom stereocenters. The summed E-state index contributed by atoms with van der Waals surface area (Å²) in [7, 11) is 0. The third kappa shape index (κ3) is 29.9. The molecule has 0 radical (unpaired) electrons. The van der Waals surface area contributed by atoms with Crippen LogP contribution in [0.15, 0.2) is 0 Å². The molecule has 0 spiro atoms. The van der Waals surface area contributed by atoms with Crippen molar-refractivity contribution in [1.29, 1.82) is 0 Å². The fourth-order valence-electron chi connectivity index (χ4n) is 5.58. The van der Waals surface area contributed by atoms with Crippen LogP contribution in [0.25, 0.3) is 0 Å². The lowest BCUT2D eigenvalue weighted by molar-refractivity contribution is -0.150. The standard InChI is InChI=1S/C35H61N3O14/c1-2-3-4-5-6-7-8-9-10-11-12-14-19-51-34(49)16-13-15-20-52-35(50)21-28(38(26-32(45)46)27-33(47)48)22-36(23-29(39)40)17-18-37(24-30(41)42)25-31(43)44/h28H,2-27H2,1H3,(H,39,40)(H,41,42)(H,43,44)(H,45,46)(H,47,48). The van der Waals surface area contributed by atoms with Gasteiger partial charge in [-0.05, 0) is 19.3 Å². The smallest absolute Gasteiger partial charge is 0.317 e. The molecule has 0 aromatic heterocycles. The number of unbranched alkanes of at least 4 members (excludes halogenated alkanes) is 12. The normalized spacial score (nSPS) is 11.8. The SMILES string of the molecule is CCCCCCCCCCCCCCOC(=O)CCCCOC(=O)CC(CN(CCN(CC(=O)O)CC(=O)O)CC(=O)O)N(CC(=O)O)CC(=O)O. The summed E-state index contributed by atoms with van der Waals surface area (Å²) in [6, 6.07) is -1.15. The van der Waals surface area contributed by atoms with Crippen LogP contribution in [0.3, 0.4) is 0 Å². The molecule has 0 aromatic rings. The second kappa shape index (κ2) is 30.8. The Balaban J connectivity index is 4.84. The van der Waals surface area contributed by atoms with E-state index in [4.69, 9.17) is 19.7 Å². The van der Waals surface area contributed by atoms with Gasteiger partial charge in [-0.25, -0.2) is 0 Å². The Morgan fingerprint density at radius 1 is 0.481 bits per heavy atom. The third-order valence-electron chi connectivity index (χ3n) is 8.17. The molecule has 0 saturated carbocycles. The molecular formula is C35H61N3O14. The second-order valence-corrected chi connectivity index (χ2v) is 13.0. The topological polar surface area (TPSA) is 249 Å². The minimum atomic E-state index is -1.40. The van der Waals surface area contributed by atoms with E-state index in [1.165, 1.54) is 62.7 Å². The lowest BCUT2D eigenvalue weighted by atomic mass is 10.1. The van der Waals surface area contributed by atoms with Gasteiger partial charge in [0.2, 0.25) is 0 Å². The van der Waals surface area contributed by atoms with Crippen molar-refractivity contribution in [3.8, 4) is 0 Å². The van der Waals surface area contributed by atoms with Crippen LogP contribution in [-0.4, -0.2) is 154 Å². The number of carbonyl (C=O) groups is 7. The Morgan fingerprint density at radius 2 is 0.865 bits per heavy atom. The average molecular weight is 748 g/mol. The summed E-state index contributed by atoms with van der Waals surface area (Å²) in [6.45, 7) is -1.77. The van der Waals surface area contributed by atoms with Crippen molar-refractivity contribution in [1.82, 2.24) is 14.7 Å². The van der Waals surface area contributed by atoms with Gasteiger partial charge >= 0.3 is 41.8 Å². The lowest BCUT2D eigenvalue weighted by Crippen LogP contribution is -2.51. The minimum absolute atomic E-state index is 0.0758. The predicted octanol–water partition coefficient (Wildman–Crippen LogP) is 3.03. The minimum Gasteiger partial charge on any atom is -0.480 e. The van der Waals surface area contributed by atoms with E-state index >= 15 is 0 Å². The van der Waals surface area contributed by atoms with Gasteiger partial charge in [0, 0.05) is 32.1 Å². The van der Waals surface area contributed by atoms with Crippen LogP contribution in [-0.2, 0) is 43.0 Å². The monoisotopic (exact) mass is 747 g/mol. The van der Waals surface area contributed by atoms with Gasteiger partial charge in [-0.1, -0.05) is 77.6 Å². The number of hydrogen-bond donors (Lipinski definition) is 5. The van der Waals surface area contributed by atoms with Crippen LogP contribution in [0, 0.1) is 0 Å². The van der Waals surface area contributed by atoms with Crippen LogP contribution in [0.5, 0.6) is 0 Å². The lowest BCUT2D eigenvalue weighted by Gasteiger charge is -2.33. The quantitative estimate of drug-likeness (QED) is 0.0456. The molecule has 0 aliphatic heterocycles. The molecule has 17 heteroatoms. The van der Waals surface area contributed by atoms with E-state index < -0.39 is 81.0 Å². The highest BCUT2D eigenvalue weighted by molar-refractivity contribution is 5.74. The summed E-state index contributed by atoms with van der Waals surface area (Å²) in [4.78, 5) is 85.1. The van der Waals surface area contributed by atoms with E-state index in [-0.39, 0.29) is 38.6 Å². The number of carboxylic acid groups (broad SMARTS) is 5. The van der Waals surface area contributed by atoms with Crippen molar-refractivity contribution >= 4 is 41.8 Å². The van der Waals surface area contributed by atoms with Crippen molar-refractivity contribution in [2.75, 3.05) is 65.6 Å². The first-order valence-electron chi connectivity index (χ1n) is 18.3. The maximum absolute atomic E-state index is 12.8. The number of aliphatic carboxylic acids is 5. The van der Waals surface area contributed by atoms with Crippen molar-refractivity contribution < 1.29 is 68.6 Å². The van der Waals surface area contributed by atoms with Gasteiger partial charge in [0.1, 0.15) is 0 Å².